The molecular formula is C25H23F3N10O2. The second kappa shape index (κ2) is 11.8. The van der Waals surface area contributed by atoms with Crippen molar-refractivity contribution in [2.24, 2.45) is 5.92 Å². The fourth-order valence-electron chi connectivity index (χ4n) is 4.50. The van der Waals surface area contributed by atoms with E-state index in [0.29, 0.717) is 24.5 Å². The van der Waals surface area contributed by atoms with Crippen molar-refractivity contribution in [2.75, 3.05) is 18.0 Å². The second-order valence-electron chi connectivity index (χ2n) is 8.90. The fourth-order valence-corrected chi connectivity index (χ4v) is 4.50. The van der Waals surface area contributed by atoms with E-state index in [-0.39, 0.29) is 12.0 Å². The minimum Gasteiger partial charge on any atom is -0.475 e. The Kier molecular flexibility index (Phi) is 8.23. The Morgan fingerprint density at radius 2 is 2.05 bits per heavy atom. The number of halogens is 3. The van der Waals surface area contributed by atoms with Crippen LogP contribution in [0.1, 0.15) is 37.2 Å². The van der Waals surface area contributed by atoms with Gasteiger partial charge < -0.3 is 15.0 Å². The van der Waals surface area contributed by atoms with Crippen molar-refractivity contribution in [3.8, 4) is 23.4 Å². The smallest absolute Gasteiger partial charge is 0.475 e. The first-order valence-electron chi connectivity index (χ1n) is 12.2. The topological polar surface area (TPSA) is 173 Å². The largest absolute Gasteiger partial charge is 0.490 e. The van der Waals surface area contributed by atoms with Gasteiger partial charge in [0.1, 0.15) is 18.0 Å². The van der Waals surface area contributed by atoms with Crippen LogP contribution in [0.25, 0.3) is 22.3 Å². The number of hydrogen-bond donors (Lipinski definition) is 2. The molecule has 1 aliphatic heterocycles. The molecule has 12 nitrogen and oxygen atoms in total. The molecule has 0 radical (unpaired) electrons. The molecule has 0 aromatic carbocycles. The van der Waals surface area contributed by atoms with E-state index in [4.69, 9.17) is 9.90 Å². The lowest BCUT2D eigenvalue weighted by atomic mass is 9.96. The minimum atomic E-state index is -5.08. The number of carboxylic acids is 1. The van der Waals surface area contributed by atoms with Gasteiger partial charge in [0.2, 0.25) is 0 Å². The van der Waals surface area contributed by atoms with Gasteiger partial charge in [-0.25, -0.2) is 24.7 Å². The molecule has 2 atom stereocenters. The van der Waals surface area contributed by atoms with E-state index >= 15 is 0 Å². The molecule has 15 heteroatoms. The molecule has 5 rings (SSSR count). The van der Waals surface area contributed by atoms with Crippen molar-refractivity contribution < 1.29 is 23.1 Å². The van der Waals surface area contributed by atoms with Crippen LogP contribution in [-0.2, 0) is 11.2 Å². The Balaban J connectivity index is 0.000000470. The Hall–Kier alpha value is -5.05. The maximum atomic E-state index is 10.6. The Bertz CT molecular complexity index is 1580. The second-order valence-corrected chi connectivity index (χ2v) is 8.90. The van der Waals surface area contributed by atoms with Crippen molar-refractivity contribution >= 4 is 22.8 Å². The van der Waals surface area contributed by atoms with Gasteiger partial charge in [0, 0.05) is 42.4 Å². The molecule has 0 bridgehead atoms. The molecule has 1 fully saturated rings. The summed E-state index contributed by atoms with van der Waals surface area (Å²) in [5.41, 5.74) is 3.62. The maximum Gasteiger partial charge on any atom is 0.490 e. The Morgan fingerprint density at radius 3 is 2.73 bits per heavy atom. The van der Waals surface area contributed by atoms with Crippen molar-refractivity contribution in [2.45, 2.75) is 38.4 Å². The third-order valence-electron chi connectivity index (χ3n) is 6.45. The van der Waals surface area contributed by atoms with Crippen LogP contribution in [0.3, 0.4) is 0 Å². The molecule has 2 N–H and O–H groups in total. The summed E-state index contributed by atoms with van der Waals surface area (Å²) in [5.74, 6) is -1.95. The Morgan fingerprint density at radius 1 is 1.27 bits per heavy atom. The summed E-state index contributed by atoms with van der Waals surface area (Å²) in [7, 11) is 0. The van der Waals surface area contributed by atoms with Gasteiger partial charge in [0.05, 0.1) is 42.3 Å². The summed E-state index contributed by atoms with van der Waals surface area (Å²) in [6, 6.07) is 6.36. The number of hydrogen-bond acceptors (Lipinski definition) is 9. The molecular weight excluding hydrogens is 529 g/mol. The van der Waals surface area contributed by atoms with Crippen LogP contribution in [0, 0.1) is 28.6 Å². The molecule has 0 amide bonds. The van der Waals surface area contributed by atoms with Crippen LogP contribution in [-0.4, -0.2) is 65.0 Å². The lowest BCUT2D eigenvalue weighted by Gasteiger charge is -2.23. The zero-order valence-corrected chi connectivity index (χ0v) is 21.2. The number of aryl methyl sites for hydroxylation is 1. The first-order chi connectivity index (χ1) is 19.2. The van der Waals surface area contributed by atoms with Gasteiger partial charge in [-0.05, 0) is 18.9 Å². The van der Waals surface area contributed by atoms with Gasteiger partial charge in [0.25, 0.3) is 0 Å². The molecule has 0 spiro atoms. The van der Waals surface area contributed by atoms with E-state index < -0.39 is 12.1 Å². The van der Waals surface area contributed by atoms with Gasteiger partial charge in [0.15, 0.2) is 11.5 Å². The van der Waals surface area contributed by atoms with Crippen LogP contribution < -0.4 is 4.90 Å². The lowest BCUT2D eigenvalue weighted by Crippen LogP contribution is -2.26. The molecule has 1 saturated heterocycles. The highest BCUT2D eigenvalue weighted by Crippen LogP contribution is 2.34. The van der Waals surface area contributed by atoms with Crippen LogP contribution in [0.2, 0.25) is 0 Å². The quantitative estimate of drug-likeness (QED) is 0.359. The number of H-pyrrole nitrogens is 1. The van der Waals surface area contributed by atoms with Crippen LogP contribution in [0.5, 0.6) is 0 Å². The van der Waals surface area contributed by atoms with Crippen LogP contribution in [0.15, 0.2) is 37.2 Å². The van der Waals surface area contributed by atoms with Gasteiger partial charge >= 0.3 is 12.1 Å². The number of nitrogens with one attached hydrogen (secondary N) is 1. The number of aromatic nitrogens is 7. The lowest BCUT2D eigenvalue weighted by molar-refractivity contribution is -0.192. The fraction of sp³-hybridized carbons (Fsp3) is 0.360. The molecule has 4 aromatic rings. The third-order valence-corrected chi connectivity index (χ3v) is 6.45. The normalized spacial score (nSPS) is 15.7. The predicted octanol–water partition coefficient (Wildman–Crippen LogP) is 3.66. The average Bonchev–Trinajstić information content (AvgIpc) is 3.72. The number of aliphatic carboxylic acids is 1. The predicted molar refractivity (Wildman–Crippen MR) is 135 cm³/mol. The molecule has 206 valence electrons. The van der Waals surface area contributed by atoms with Gasteiger partial charge in [-0.3, -0.25) is 4.68 Å². The van der Waals surface area contributed by atoms with Crippen molar-refractivity contribution in [3.05, 3.63) is 48.6 Å². The summed E-state index contributed by atoms with van der Waals surface area (Å²) < 4.78 is 33.6. The summed E-state index contributed by atoms with van der Waals surface area (Å²) in [6.07, 6.45) is 5.71. The molecule has 40 heavy (non-hydrogen) atoms. The number of alkyl halides is 3. The third kappa shape index (κ3) is 5.99. The number of nitrogens with zero attached hydrogens (tertiary/aromatic N) is 9. The van der Waals surface area contributed by atoms with Crippen molar-refractivity contribution in [1.82, 2.24) is 34.7 Å². The Labute approximate surface area is 225 Å². The summed E-state index contributed by atoms with van der Waals surface area (Å²) in [6.45, 7) is 3.43. The zero-order chi connectivity index (χ0) is 28.9. The van der Waals surface area contributed by atoms with Crippen molar-refractivity contribution in [1.29, 1.82) is 10.5 Å². The molecule has 0 unspecified atom stereocenters. The zero-order valence-electron chi connectivity index (χ0n) is 21.2. The number of rotatable bonds is 6. The number of carboxylic acid groups (broad SMARTS) is 1. The van der Waals surface area contributed by atoms with Crippen LogP contribution >= 0.6 is 0 Å². The van der Waals surface area contributed by atoms with Gasteiger partial charge in [-0.15, -0.1) is 0 Å². The monoisotopic (exact) mass is 552 g/mol. The molecule has 0 saturated carbocycles. The average molecular weight is 553 g/mol. The van der Waals surface area contributed by atoms with Crippen LogP contribution in [0.4, 0.5) is 19.0 Å². The summed E-state index contributed by atoms with van der Waals surface area (Å²) >= 11 is 0. The molecule has 5 heterocycles. The highest BCUT2D eigenvalue weighted by Gasteiger charge is 2.38. The SMILES string of the molecule is CCc1cnc(N2CC[C@H]([C@H](CC#N)n3cc(-c4ncnc5[nH]ccc45)cn3)C2)c(C#N)n1.O=C(O)C(F)(F)F. The minimum absolute atomic E-state index is 0.0919. The first kappa shape index (κ1) is 28.0. The number of anilines is 1. The van der Waals surface area contributed by atoms with E-state index in [1.54, 1.807) is 12.4 Å². The molecule has 4 aromatic heterocycles. The van der Waals surface area contributed by atoms with Crippen molar-refractivity contribution in [3.63, 3.8) is 0 Å². The van der Waals surface area contributed by atoms with E-state index in [9.17, 15) is 23.7 Å². The van der Waals surface area contributed by atoms with E-state index in [1.165, 1.54) is 6.33 Å². The standard InChI is InChI=1S/C23H22N10.C2HF3O2/c1-2-17-11-27-23(19(9-25)31-17)32-8-5-15(12-32)20(3-6-24)33-13-16(10-30-33)21-18-4-7-26-22(18)29-14-28-21;3-2(4,5)1(6)7/h4,7,10-11,13-15,20H,2-3,5,8,12H2,1H3,(H,26,28,29);(H,6,7)/t15-,20-;/m0./s1. The highest BCUT2D eigenvalue weighted by molar-refractivity contribution is 5.90. The summed E-state index contributed by atoms with van der Waals surface area (Å²) in [5, 5.41) is 31.7. The first-order valence-corrected chi connectivity index (χ1v) is 12.2. The highest BCUT2D eigenvalue weighted by atomic mass is 19.4. The number of nitriles is 2. The van der Waals surface area contributed by atoms with E-state index in [2.05, 4.69) is 47.1 Å². The maximum absolute atomic E-state index is 10.6. The van der Waals surface area contributed by atoms with Gasteiger partial charge in [-0.1, -0.05) is 6.92 Å². The van der Waals surface area contributed by atoms with E-state index in [0.717, 1.165) is 47.4 Å². The number of aromatic amines is 1. The van der Waals surface area contributed by atoms with E-state index in [1.807, 2.05) is 30.1 Å². The molecule has 0 aliphatic carbocycles. The number of fused-ring (bicyclic) bond motifs is 1. The van der Waals surface area contributed by atoms with Gasteiger partial charge in [-0.2, -0.15) is 28.8 Å². The molecule has 1 aliphatic rings. The summed E-state index contributed by atoms with van der Waals surface area (Å²) in [4.78, 5) is 31.7. The number of carbonyl (C=O) groups is 1.